The Morgan fingerprint density at radius 1 is 1.50 bits per heavy atom. The van der Waals surface area contributed by atoms with E-state index in [0.29, 0.717) is 18.1 Å². The molecule has 2 rings (SSSR count). The van der Waals surface area contributed by atoms with Gasteiger partial charge in [0.1, 0.15) is 12.4 Å². The first kappa shape index (κ1) is 8.99. The highest BCUT2D eigenvalue weighted by Gasteiger charge is 2.28. The van der Waals surface area contributed by atoms with Crippen molar-refractivity contribution in [2.75, 3.05) is 6.61 Å². The Labute approximate surface area is 82.3 Å². The van der Waals surface area contributed by atoms with Gasteiger partial charge in [0.2, 0.25) is 5.90 Å². The molecule has 0 amide bonds. The SMILES string of the molecule is CC1(C)COC(c2ccncc2O)=N1. The third-order valence-electron chi connectivity index (χ3n) is 2.00. The van der Waals surface area contributed by atoms with Crippen LogP contribution in [0.4, 0.5) is 0 Å². The van der Waals surface area contributed by atoms with Crippen molar-refractivity contribution in [2.24, 2.45) is 4.99 Å². The van der Waals surface area contributed by atoms with Crippen LogP contribution in [-0.4, -0.2) is 28.1 Å². The molecule has 1 aliphatic heterocycles. The van der Waals surface area contributed by atoms with E-state index in [0.717, 1.165) is 0 Å². The summed E-state index contributed by atoms with van der Waals surface area (Å²) in [7, 11) is 0. The van der Waals surface area contributed by atoms with Crippen LogP contribution in [0.25, 0.3) is 0 Å². The molecule has 0 saturated carbocycles. The van der Waals surface area contributed by atoms with Gasteiger partial charge in [-0.25, -0.2) is 4.99 Å². The Kier molecular flexibility index (Phi) is 1.91. The fourth-order valence-electron chi connectivity index (χ4n) is 1.29. The van der Waals surface area contributed by atoms with E-state index < -0.39 is 0 Å². The predicted octanol–water partition coefficient (Wildman–Crippen LogP) is 1.34. The van der Waals surface area contributed by atoms with E-state index in [9.17, 15) is 5.11 Å². The van der Waals surface area contributed by atoms with Crippen molar-refractivity contribution in [1.29, 1.82) is 0 Å². The number of ether oxygens (including phenoxy) is 1. The first-order valence-electron chi connectivity index (χ1n) is 4.44. The van der Waals surface area contributed by atoms with E-state index in [1.54, 1.807) is 12.3 Å². The normalized spacial score (nSPS) is 18.9. The molecule has 0 fully saturated rings. The molecule has 0 unspecified atom stereocenters. The summed E-state index contributed by atoms with van der Waals surface area (Å²) in [6, 6.07) is 1.69. The molecule has 0 aromatic carbocycles. The van der Waals surface area contributed by atoms with E-state index in [1.165, 1.54) is 6.20 Å². The summed E-state index contributed by atoms with van der Waals surface area (Å²) in [6.07, 6.45) is 2.98. The summed E-state index contributed by atoms with van der Waals surface area (Å²) < 4.78 is 5.40. The van der Waals surface area contributed by atoms with Crippen LogP contribution in [0.15, 0.2) is 23.5 Å². The van der Waals surface area contributed by atoms with Crippen molar-refractivity contribution in [3.8, 4) is 5.75 Å². The molecular formula is C10H12N2O2. The van der Waals surface area contributed by atoms with Gasteiger partial charge in [-0.1, -0.05) is 0 Å². The topological polar surface area (TPSA) is 54.7 Å². The number of aromatic hydroxyl groups is 1. The van der Waals surface area contributed by atoms with Crippen molar-refractivity contribution < 1.29 is 9.84 Å². The molecule has 0 atom stereocenters. The molecule has 4 heteroatoms. The van der Waals surface area contributed by atoms with Crippen LogP contribution >= 0.6 is 0 Å². The molecule has 0 radical (unpaired) electrons. The van der Waals surface area contributed by atoms with Gasteiger partial charge in [0.15, 0.2) is 0 Å². The smallest absolute Gasteiger partial charge is 0.220 e. The lowest BCUT2D eigenvalue weighted by Gasteiger charge is -2.07. The highest BCUT2D eigenvalue weighted by atomic mass is 16.5. The fourth-order valence-corrected chi connectivity index (χ4v) is 1.29. The molecule has 2 heterocycles. The maximum Gasteiger partial charge on any atom is 0.220 e. The Morgan fingerprint density at radius 3 is 2.86 bits per heavy atom. The second kappa shape index (κ2) is 2.97. The van der Waals surface area contributed by atoms with Gasteiger partial charge >= 0.3 is 0 Å². The summed E-state index contributed by atoms with van der Waals surface area (Å²) in [5, 5.41) is 9.52. The van der Waals surface area contributed by atoms with Gasteiger partial charge in [0.05, 0.1) is 17.3 Å². The maximum absolute atomic E-state index is 9.52. The Balaban J connectivity index is 2.38. The number of rotatable bonds is 1. The molecule has 1 aromatic rings. The summed E-state index contributed by atoms with van der Waals surface area (Å²) >= 11 is 0. The Morgan fingerprint density at radius 2 is 2.29 bits per heavy atom. The molecule has 14 heavy (non-hydrogen) atoms. The highest BCUT2D eigenvalue weighted by molar-refractivity contribution is 5.97. The second-order valence-corrected chi connectivity index (χ2v) is 3.91. The number of aromatic nitrogens is 1. The second-order valence-electron chi connectivity index (χ2n) is 3.91. The van der Waals surface area contributed by atoms with Crippen LogP contribution in [0.1, 0.15) is 19.4 Å². The summed E-state index contributed by atoms with van der Waals surface area (Å²) in [5.74, 6) is 0.596. The molecule has 4 nitrogen and oxygen atoms in total. The maximum atomic E-state index is 9.52. The number of hydrogen-bond acceptors (Lipinski definition) is 4. The van der Waals surface area contributed by atoms with Gasteiger partial charge < -0.3 is 9.84 Å². The highest BCUT2D eigenvalue weighted by Crippen LogP contribution is 2.24. The third kappa shape index (κ3) is 1.55. The van der Waals surface area contributed by atoms with E-state index in [1.807, 2.05) is 13.8 Å². The van der Waals surface area contributed by atoms with E-state index in [4.69, 9.17) is 4.74 Å². The predicted molar refractivity (Wildman–Crippen MR) is 52.5 cm³/mol. The van der Waals surface area contributed by atoms with Crippen LogP contribution in [0, 0.1) is 0 Å². The van der Waals surface area contributed by atoms with Crippen molar-refractivity contribution in [1.82, 2.24) is 4.98 Å². The number of nitrogens with zero attached hydrogens (tertiary/aromatic N) is 2. The summed E-state index contributed by atoms with van der Waals surface area (Å²) in [6.45, 7) is 4.51. The number of hydrogen-bond donors (Lipinski definition) is 1. The zero-order valence-electron chi connectivity index (χ0n) is 8.19. The largest absolute Gasteiger partial charge is 0.505 e. The van der Waals surface area contributed by atoms with Crippen LogP contribution < -0.4 is 0 Å². The first-order valence-corrected chi connectivity index (χ1v) is 4.44. The first-order chi connectivity index (χ1) is 6.58. The van der Waals surface area contributed by atoms with Crippen molar-refractivity contribution in [3.63, 3.8) is 0 Å². The van der Waals surface area contributed by atoms with Crippen LogP contribution in [-0.2, 0) is 4.74 Å². The van der Waals surface area contributed by atoms with Gasteiger partial charge in [0.25, 0.3) is 0 Å². The minimum Gasteiger partial charge on any atom is -0.505 e. The lowest BCUT2D eigenvalue weighted by molar-refractivity contribution is 0.279. The molecule has 1 aliphatic rings. The molecular weight excluding hydrogens is 180 g/mol. The number of aliphatic imine (C=N–C) groups is 1. The lowest BCUT2D eigenvalue weighted by atomic mass is 10.1. The standard InChI is InChI=1S/C10H12N2O2/c1-10(2)6-14-9(12-10)7-3-4-11-5-8(7)13/h3-5,13H,6H2,1-2H3. The third-order valence-corrected chi connectivity index (χ3v) is 2.00. The number of pyridine rings is 1. The zero-order valence-corrected chi connectivity index (χ0v) is 8.19. The van der Waals surface area contributed by atoms with Crippen molar-refractivity contribution in [2.45, 2.75) is 19.4 Å². The minimum absolute atomic E-state index is 0.101. The zero-order chi connectivity index (χ0) is 10.2. The molecule has 0 spiro atoms. The van der Waals surface area contributed by atoms with Gasteiger partial charge in [-0.05, 0) is 19.9 Å². The molecule has 74 valence electrons. The average Bonchev–Trinajstić information content (AvgIpc) is 2.47. The lowest BCUT2D eigenvalue weighted by Crippen LogP contribution is -2.17. The van der Waals surface area contributed by atoms with E-state index in [2.05, 4.69) is 9.98 Å². The van der Waals surface area contributed by atoms with E-state index >= 15 is 0 Å². The quantitative estimate of drug-likeness (QED) is 0.730. The van der Waals surface area contributed by atoms with Gasteiger partial charge in [-0.2, -0.15) is 0 Å². The summed E-state index contributed by atoms with van der Waals surface area (Å²) in [5.41, 5.74) is 0.399. The average molecular weight is 192 g/mol. The van der Waals surface area contributed by atoms with Crippen LogP contribution in [0.3, 0.4) is 0 Å². The Bertz CT molecular complexity index is 385. The van der Waals surface area contributed by atoms with Gasteiger partial charge in [0, 0.05) is 6.20 Å². The van der Waals surface area contributed by atoms with Crippen molar-refractivity contribution in [3.05, 3.63) is 24.0 Å². The summed E-state index contributed by atoms with van der Waals surface area (Å²) in [4.78, 5) is 8.15. The van der Waals surface area contributed by atoms with E-state index in [-0.39, 0.29) is 11.3 Å². The van der Waals surface area contributed by atoms with Crippen LogP contribution in [0.5, 0.6) is 5.75 Å². The van der Waals surface area contributed by atoms with Crippen LogP contribution in [0.2, 0.25) is 0 Å². The molecule has 1 N–H and O–H groups in total. The monoisotopic (exact) mass is 192 g/mol. The molecule has 0 aliphatic carbocycles. The molecule has 1 aromatic heterocycles. The molecule has 0 saturated heterocycles. The minimum atomic E-state index is -0.203. The fraction of sp³-hybridized carbons (Fsp3) is 0.400. The molecule has 0 bridgehead atoms. The van der Waals surface area contributed by atoms with Gasteiger partial charge in [-0.15, -0.1) is 0 Å². The van der Waals surface area contributed by atoms with Crippen molar-refractivity contribution >= 4 is 5.90 Å². The Hall–Kier alpha value is -1.58. The van der Waals surface area contributed by atoms with Gasteiger partial charge in [-0.3, -0.25) is 4.98 Å².